The largest absolute Gasteiger partial charge is 0.493 e. The number of benzene rings is 2. The molecule has 124 valence electrons. The van der Waals surface area contributed by atoms with Gasteiger partial charge in [-0.2, -0.15) is 0 Å². The molecule has 3 nitrogen and oxygen atoms in total. The van der Waals surface area contributed by atoms with Crippen LogP contribution in [0.25, 0.3) is 22.2 Å². The maximum Gasteiger partial charge on any atom is 0.152 e. The molecular weight excluding hydrogens is 298 g/mol. The number of aromatic nitrogens is 1. The quantitative estimate of drug-likeness (QED) is 0.593. The number of rotatable bonds is 7. The van der Waals surface area contributed by atoms with Gasteiger partial charge >= 0.3 is 0 Å². The van der Waals surface area contributed by atoms with Crippen LogP contribution in [0.15, 0.2) is 42.5 Å². The van der Waals surface area contributed by atoms with Crippen LogP contribution in [-0.2, 0) is 6.42 Å². The van der Waals surface area contributed by atoms with Crippen molar-refractivity contribution in [3.05, 3.63) is 53.6 Å². The van der Waals surface area contributed by atoms with Crippen molar-refractivity contribution in [1.29, 1.82) is 0 Å². The molecule has 0 radical (unpaired) electrons. The van der Waals surface area contributed by atoms with Crippen molar-refractivity contribution in [1.82, 2.24) is 4.98 Å². The van der Waals surface area contributed by atoms with E-state index in [4.69, 9.17) is 4.74 Å². The molecule has 0 atom stereocenters. The Balaban J connectivity index is 2.13. The second-order valence-electron chi connectivity index (χ2n) is 5.94. The van der Waals surface area contributed by atoms with E-state index in [-0.39, 0.29) is 0 Å². The number of fused-ring (bicyclic) bond motifs is 1. The topological polar surface area (TPSA) is 42.1 Å². The summed E-state index contributed by atoms with van der Waals surface area (Å²) in [5.41, 5.74) is 4.72. The van der Waals surface area contributed by atoms with Gasteiger partial charge in [-0.1, -0.05) is 31.5 Å². The van der Waals surface area contributed by atoms with Gasteiger partial charge in [-0.15, -0.1) is 0 Å². The minimum Gasteiger partial charge on any atom is -0.493 e. The maximum absolute atomic E-state index is 11.8. The molecule has 24 heavy (non-hydrogen) atoms. The molecule has 0 aliphatic heterocycles. The van der Waals surface area contributed by atoms with Crippen LogP contribution >= 0.6 is 0 Å². The molecule has 0 bridgehead atoms. The van der Waals surface area contributed by atoms with E-state index in [2.05, 4.69) is 30.1 Å². The fraction of sp³-hybridized carbons (Fsp3) is 0.286. The molecule has 0 aliphatic carbocycles. The predicted molar refractivity (Wildman–Crippen MR) is 98.9 cm³/mol. The molecule has 3 aromatic rings. The summed E-state index contributed by atoms with van der Waals surface area (Å²) in [5.74, 6) is 0.792. The number of ether oxygens (including phenoxy) is 1. The third-order valence-electron chi connectivity index (χ3n) is 4.30. The van der Waals surface area contributed by atoms with Gasteiger partial charge in [-0.3, -0.25) is 4.79 Å². The summed E-state index contributed by atoms with van der Waals surface area (Å²) in [6, 6.07) is 14.2. The van der Waals surface area contributed by atoms with Crippen LogP contribution in [0.2, 0.25) is 0 Å². The Kier molecular flexibility index (Phi) is 4.99. The molecule has 1 N–H and O–H groups in total. The summed E-state index contributed by atoms with van der Waals surface area (Å²) in [4.78, 5) is 15.2. The number of H-pyrrole nitrogens is 1. The zero-order chi connectivity index (χ0) is 16.9. The highest BCUT2D eigenvalue weighted by Gasteiger charge is 2.16. The van der Waals surface area contributed by atoms with E-state index in [9.17, 15) is 4.79 Å². The molecule has 0 fully saturated rings. The normalized spacial score (nSPS) is 10.9. The maximum atomic E-state index is 11.8. The Labute approximate surface area is 142 Å². The molecule has 1 aromatic heterocycles. The first kappa shape index (κ1) is 16.3. The third-order valence-corrected chi connectivity index (χ3v) is 4.30. The number of para-hydroxylation sites is 1. The number of aryl methyl sites for hydroxylation is 1. The minimum absolute atomic E-state index is 0.592. The van der Waals surface area contributed by atoms with E-state index in [0.29, 0.717) is 12.2 Å². The van der Waals surface area contributed by atoms with E-state index < -0.39 is 0 Å². The van der Waals surface area contributed by atoms with Gasteiger partial charge in [0.05, 0.1) is 12.3 Å². The summed E-state index contributed by atoms with van der Waals surface area (Å²) in [5, 5.41) is 0.986. The molecule has 0 spiro atoms. The van der Waals surface area contributed by atoms with Gasteiger partial charge < -0.3 is 9.72 Å². The second kappa shape index (κ2) is 7.35. The van der Waals surface area contributed by atoms with Gasteiger partial charge in [0.1, 0.15) is 5.75 Å². The molecule has 1 heterocycles. The Bertz CT molecular complexity index is 848. The molecule has 3 rings (SSSR count). The van der Waals surface area contributed by atoms with Gasteiger partial charge in [-0.25, -0.2) is 0 Å². The number of hydrogen-bond donors (Lipinski definition) is 1. The number of hydrogen-bond acceptors (Lipinski definition) is 2. The Morgan fingerprint density at radius 1 is 1.12 bits per heavy atom. The lowest BCUT2D eigenvalue weighted by molar-refractivity contribution is 0.112. The lowest BCUT2D eigenvalue weighted by Gasteiger charge is -2.09. The molecule has 0 amide bonds. The van der Waals surface area contributed by atoms with Gasteiger partial charge in [0.2, 0.25) is 0 Å². The van der Waals surface area contributed by atoms with E-state index in [1.54, 1.807) is 0 Å². The second-order valence-corrected chi connectivity index (χ2v) is 5.94. The van der Waals surface area contributed by atoms with Crippen LogP contribution in [-0.4, -0.2) is 17.9 Å². The van der Waals surface area contributed by atoms with Crippen LogP contribution in [0.1, 0.15) is 42.6 Å². The highest BCUT2D eigenvalue weighted by molar-refractivity contribution is 6.05. The molecular formula is C21H23NO2. The minimum atomic E-state index is 0.592. The van der Waals surface area contributed by atoms with Gasteiger partial charge in [0.25, 0.3) is 0 Å². The average molecular weight is 321 g/mol. The van der Waals surface area contributed by atoms with Crippen LogP contribution in [0, 0.1) is 0 Å². The monoisotopic (exact) mass is 321 g/mol. The Morgan fingerprint density at radius 2 is 1.96 bits per heavy atom. The number of aldehydes is 1. The fourth-order valence-electron chi connectivity index (χ4n) is 3.09. The van der Waals surface area contributed by atoms with E-state index in [1.807, 2.05) is 31.2 Å². The SMILES string of the molecule is CCCCc1ccc2[nH]c(-c3ccccc3OCC)c(C=O)c2c1. The summed E-state index contributed by atoms with van der Waals surface area (Å²) >= 11 is 0. The molecule has 0 saturated heterocycles. The lowest BCUT2D eigenvalue weighted by atomic mass is 10.0. The first-order valence-corrected chi connectivity index (χ1v) is 8.60. The van der Waals surface area contributed by atoms with Gasteiger partial charge in [-0.05, 0) is 49.6 Å². The molecule has 0 unspecified atom stereocenters. The first-order valence-electron chi connectivity index (χ1n) is 8.60. The van der Waals surface area contributed by atoms with E-state index in [0.717, 1.165) is 47.0 Å². The number of unbranched alkanes of at least 4 members (excludes halogenated alkanes) is 1. The van der Waals surface area contributed by atoms with Crippen molar-refractivity contribution in [3.8, 4) is 17.0 Å². The number of carbonyl (C=O) groups excluding carboxylic acids is 1. The van der Waals surface area contributed by atoms with Gasteiger partial charge in [0.15, 0.2) is 6.29 Å². The summed E-state index contributed by atoms with van der Waals surface area (Å²) in [6.45, 7) is 4.74. The highest BCUT2D eigenvalue weighted by atomic mass is 16.5. The summed E-state index contributed by atoms with van der Waals surface area (Å²) in [6.07, 6.45) is 4.31. The van der Waals surface area contributed by atoms with Crippen molar-refractivity contribution in [2.75, 3.05) is 6.61 Å². The lowest BCUT2D eigenvalue weighted by Crippen LogP contribution is -1.95. The smallest absolute Gasteiger partial charge is 0.152 e. The molecule has 0 saturated carbocycles. The number of carbonyl (C=O) groups is 1. The number of aromatic amines is 1. The zero-order valence-electron chi connectivity index (χ0n) is 14.3. The van der Waals surface area contributed by atoms with Crippen LogP contribution in [0.4, 0.5) is 0 Å². The van der Waals surface area contributed by atoms with Gasteiger partial charge in [0, 0.05) is 22.0 Å². The fourth-order valence-corrected chi connectivity index (χ4v) is 3.09. The Hall–Kier alpha value is -2.55. The van der Waals surface area contributed by atoms with Crippen molar-refractivity contribution in [3.63, 3.8) is 0 Å². The zero-order valence-corrected chi connectivity index (χ0v) is 14.3. The average Bonchev–Trinajstić information content (AvgIpc) is 2.98. The molecule has 3 heteroatoms. The van der Waals surface area contributed by atoms with E-state index in [1.165, 1.54) is 12.0 Å². The molecule has 2 aromatic carbocycles. The summed E-state index contributed by atoms with van der Waals surface area (Å²) < 4.78 is 5.73. The van der Waals surface area contributed by atoms with E-state index >= 15 is 0 Å². The van der Waals surface area contributed by atoms with Crippen molar-refractivity contribution in [2.24, 2.45) is 0 Å². The standard InChI is InChI=1S/C21H23NO2/c1-3-5-8-15-11-12-19-17(13-15)18(14-23)21(22-19)16-9-6-7-10-20(16)24-4-2/h6-7,9-14,22H,3-5,8H2,1-2H3. The molecule has 0 aliphatic rings. The number of nitrogens with one attached hydrogen (secondary N) is 1. The summed E-state index contributed by atoms with van der Waals surface area (Å²) in [7, 11) is 0. The van der Waals surface area contributed by atoms with Crippen molar-refractivity contribution >= 4 is 17.2 Å². The predicted octanol–water partition coefficient (Wildman–Crippen LogP) is 5.39. The van der Waals surface area contributed by atoms with Crippen LogP contribution in [0.3, 0.4) is 0 Å². The Morgan fingerprint density at radius 3 is 2.71 bits per heavy atom. The van der Waals surface area contributed by atoms with Crippen molar-refractivity contribution in [2.45, 2.75) is 33.1 Å². The van der Waals surface area contributed by atoms with Crippen molar-refractivity contribution < 1.29 is 9.53 Å². The van der Waals surface area contributed by atoms with Crippen LogP contribution < -0.4 is 4.74 Å². The first-order chi connectivity index (χ1) is 11.8. The third kappa shape index (κ3) is 3.07. The highest BCUT2D eigenvalue weighted by Crippen LogP contribution is 2.35. The van der Waals surface area contributed by atoms with Crippen LogP contribution in [0.5, 0.6) is 5.75 Å².